The lowest BCUT2D eigenvalue weighted by molar-refractivity contribution is -0.123. The normalized spacial score (nSPS) is 11.4. The van der Waals surface area contributed by atoms with Gasteiger partial charge in [0.05, 0.1) is 6.04 Å². The Morgan fingerprint density at radius 3 is 2.16 bits per heavy atom. The van der Waals surface area contributed by atoms with E-state index in [9.17, 15) is 4.79 Å². The molecular weight excluding hydrogens is 390 g/mol. The molecule has 0 spiro atoms. The highest BCUT2D eigenvalue weighted by atomic mass is 16.5. The molecule has 0 aliphatic rings. The number of nitrogens with one attached hydrogen (secondary N) is 1. The number of aromatic nitrogens is 2. The maximum Gasteiger partial charge on any atom is 0.258 e. The van der Waals surface area contributed by atoms with Gasteiger partial charge >= 0.3 is 0 Å². The van der Waals surface area contributed by atoms with Crippen molar-refractivity contribution in [3.63, 3.8) is 0 Å². The molecule has 2 aromatic carbocycles. The van der Waals surface area contributed by atoms with E-state index in [-0.39, 0.29) is 18.6 Å². The summed E-state index contributed by atoms with van der Waals surface area (Å²) in [6, 6.07) is 25.8. The molecule has 2 heterocycles. The van der Waals surface area contributed by atoms with Gasteiger partial charge in [-0.3, -0.25) is 9.78 Å². The largest absolute Gasteiger partial charge is 0.484 e. The molecular formula is C25H21N3O3. The molecule has 1 atom stereocenters. The minimum atomic E-state index is -0.283. The smallest absolute Gasteiger partial charge is 0.258 e. The van der Waals surface area contributed by atoms with Crippen LogP contribution in [-0.4, -0.2) is 22.5 Å². The van der Waals surface area contributed by atoms with E-state index in [1.807, 2.05) is 54.6 Å². The van der Waals surface area contributed by atoms with E-state index < -0.39 is 0 Å². The average Bonchev–Trinajstić information content (AvgIpc) is 2.84. The molecule has 4 rings (SSSR count). The maximum absolute atomic E-state index is 12.6. The van der Waals surface area contributed by atoms with Crippen LogP contribution in [0.3, 0.4) is 0 Å². The number of carbonyl (C=O) groups excluding carboxylic acids is 1. The van der Waals surface area contributed by atoms with Crippen LogP contribution in [0.5, 0.6) is 17.4 Å². The first-order valence-electron chi connectivity index (χ1n) is 9.84. The summed E-state index contributed by atoms with van der Waals surface area (Å²) in [6.45, 7) is -0.102. The van der Waals surface area contributed by atoms with Crippen molar-refractivity contribution in [2.24, 2.45) is 0 Å². The molecule has 0 unspecified atom stereocenters. The second kappa shape index (κ2) is 10.0. The number of amides is 1. The second-order valence-corrected chi connectivity index (χ2v) is 6.72. The van der Waals surface area contributed by atoms with Gasteiger partial charge in [-0.05, 0) is 53.6 Å². The molecule has 0 radical (unpaired) electrons. The van der Waals surface area contributed by atoms with Gasteiger partial charge in [-0.25, -0.2) is 4.98 Å². The first-order chi connectivity index (χ1) is 15.3. The summed E-state index contributed by atoms with van der Waals surface area (Å²) in [5, 5.41) is 3.04. The number of nitrogens with zero attached hydrogens (tertiary/aromatic N) is 2. The Hall–Kier alpha value is -4.19. The third-order valence-electron chi connectivity index (χ3n) is 4.53. The first kappa shape index (κ1) is 20.1. The van der Waals surface area contributed by atoms with Crippen LogP contribution in [0.4, 0.5) is 0 Å². The highest BCUT2D eigenvalue weighted by Gasteiger charge is 2.17. The summed E-state index contributed by atoms with van der Waals surface area (Å²) in [4.78, 5) is 20.8. The fourth-order valence-corrected chi connectivity index (χ4v) is 3.04. The predicted octanol–water partition coefficient (Wildman–Crippen LogP) is 4.55. The van der Waals surface area contributed by atoms with E-state index in [4.69, 9.17) is 9.47 Å². The number of carbonyl (C=O) groups is 1. The summed E-state index contributed by atoms with van der Waals surface area (Å²) in [6.07, 6.45) is 5.09. The SMILES string of the molecule is O=C(COc1ccc(Oc2ccccn2)cc1)N[C@H](c1ccccc1)c1ccncc1. The van der Waals surface area contributed by atoms with Crippen molar-refractivity contribution >= 4 is 5.91 Å². The number of pyridine rings is 2. The van der Waals surface area contributed by atoms with Gasteiger partial charge in [-0.2, -0.15) is 0 Å². The van der Waals surface area contributed by atoms with Crippen LogP contribution in [0, 0.1) is 0 Å². The molecule has 154 valence electrons. The van der Waals surface area contributed by atoms with Crippen molar-refractivity contribution in [3.8, 4) is 17.4 Å². The minimum Gasteiger partial charge on any atom is -0.484 e. The van der Waals surface area contributed by atoms with Crippen LogP contribution < -0.4 is 14.8 Å². The summed E-state index contributed by atoms with van der Waals surface area (Å²) in [5.74, 6) is 1.50. The van der Waals surface area contributed by atoms with E-state index in [0.717, 1.165) is 11.1 Å². The fourth-order valence-electron chi connectivity index (χ4n) is 3.04. The molecule has 0 saturated carbocycles. The van der Waals surface area contributed by atoms with Crippen LogP contribution >= 0.6 is 0 Å². The highest BCUT2D eigenvalue weighted by Crippen LogP contribution is 2.23. The molecule has 4 aromatic rings. The van der Waals surface area contributed by atoms with Crippen LogP contribution in [0.1, 0.15) is 17.2 Å². The molecule has 6 nitrogen and oxygen atoms in total. The quantitative estimate of drug-likeness (QED) is 0.460. The zero-order valence-electron chi connectivity index (χ0n) is 16.7. The predicted molar refractivity (Wildman–Crippen MR) is 117 cm³/mol. The number of benzene rings is 2. The van der Waals surface area contributed by atoms with E-state index in [0.29, 0.717) is 17.4 Å². The summed E-state index contributed by atoms with van der Waals surface area (Å²) in [7, 11) is 0. The van der Waals surface area contributed by atoms with Crippen LogP contribution in [0.2, 0.25) is 0 Å². The lowest BCUT2D eigenvalue weighted by Gasteiger charge is -2.20. The Labute approximate surface area is 180 Å². The van der Waals surface area contributed by atoms with Gasteiger partial charge in [0.15, 0.2) is 6.61 Å². The number of rotatable bonds is 8. The average molecular weight is 411 g/mol. The standard InChI is InChI=1S/C25H21N3O3/c29-23(28-25(19-6-2-1-3-7-19)20-13-16-26-17-14-20)18-30-21-9-11-22(12-10-21)31-24-8-4-5-15-27-24/h1-17,25H,18H2,(H,28,29)/t25-/m1/s1. The van der Waals surface area contributed by atoms with Gasteiger partial charge in [0.2, 0.25) is 5.88 Å². The molecule has 1 N–H and O–H groups in total. The Morgan fingerprint density at radius 1 is 0.774 bits per heavy atom. The van der Waals surface area contributed by atoms with Gasteiger partial charge in [-0.1, -0.05) is 36.4 Å². The van der Waals surface area contributed by atoms with Crippen molar-refractivity contribution < 1.29 is 14.3 Å². The Balaban J connectivity index is 1.36. The Kier molecular flexibility index (Phi) is 6.50. The lowest BCUT2D eigenvalue weighted by atomic mass is 10.00. The van der Waals surface area contributed by atoms with Gasteiger partial charge < -0.3 is 14.8 Å². The van der Waals surface area contributed by atoms with Gasteiger partial charge in [0.25, 0.3) is 5.91 Å². The number of hydrogen-bond donors (Lipinski definition) is 1. The molecule has 0 saturated heterocycles. The molecule has 0 fully saturated rings. The van der Waals surface area contributed by atoms with Gasteiger partial charge in [0, 0.05) is 24.7 Å². The van der Waals surface area contributed by atoms with Crippen molar-refractivity contribution in [3.05, 3.63) is 115 Å². The molecule has 6 heteroatoms. The number of ether oxygens (including phenoxy) is 2. The minimum absolute atomic E-state index is 0.102. The number of hydrogen-bond acceptors (Lipinski definition) is 5. The lowest BCUT2D eigenvalue weighted by Crippen LogP contribution is -2.33. The molecule has 0 aliphatic carbocycles. The third-order valence-corrected chi connectivity index (χ3v) is 4.53. The van der Waals surface area contributed by atoms with Crippen LogP contribution in [-0.2, 0) is 4.79 Å². The summed E-state index contributed by atoms with van der Waals surface area (Å²) < 4.78 is 11.3. The van der Waals surface area contributed by atoms with Crippen LogP contribution in [0.25, 0.3) is 0 Å². The molecule has 1 amide bonds. The topological polar surface area (TPSA) is 73.3 Å². The molecule has 2 aromatic heterocycles. The van der Waals surface area contributed by atoms with E-state index in [2.05, 4.69) is 15.3 Å². The van der Waals surface area contributed by atoms with Crippen molar-refractivity contribution in [1.82, 2.24) is 15.3 Å². The Morgan fingerprint density at radius 2 is 1.45 bits per heavy atom. The van der Waals surface area contributed by atoms with Crippen molar-refractivity contribution in [2.45, 2.75) is 6.04 Å². The maximum atomic E-state index is 12.6. The first-order valence-corrected chi connectivity index (χ1v) is 9.84. The zero-order valence-corrected chi connectivity index (χ0v) is 16.7. The molecule has 0 aliphatic heterocycles. The second-order valence-electron chi connectivity index (χ2n) is 6.72. The van der Waals surface area contributed by atoms with Crippen molar-refractivity contribution in [2.75, 3.05) is 6.61 Å². The van der Waals surface area contributed by atoms with Gasteiger partial charge in [-0.15, -0.1) is 0 Å². The van der Waals surface area contributed by atoms with E-state index in [1.165, 1.54) is 0 Å². The summed E-state index contributed by atoms with van der Waals surface area (Å²) >= 11 is 0. The van der Waals surface area contributed by atoms with Crippen LogP contribution in [0.15, 0.2) is 104 Å². The fraction of sp³-hybridized carbons (Fsp3) is 0.0800. The Bertz CT molecular complexity index is 1050. The van der Waals surface area contributed by atoms with E-state index in [1.54, 1.807) is 48.9 Å². The monoisotopic (exact) mass is 411 g/mol. The molecule has 0 bridgehead atoms. The van der Waals surface area contributed by atoms with Crippen molar-refractivity contribution in [1.29, 1.82) is 0 Å². The highest BCUT2D eigenvalue weighted by molar-refractivity contribution is 5.78. The molecule has 31 heavy (non-hydrogen) atoms. The summed E-state index contributed by atoms with van der Waals surface area (Å²) in [5.41, 5.74) is 1.93. The third kappa shape index (κ3) is 5.67. The van der Waals surface area contributed by atoms with Gasteiger partial charge in [0.1, 0.15) is 11.5 Å². The zero-order chi connectivity index (χ0) is 21.3. The van der Waals surface area contributed by atoms with E-state index >= 15 is 0 Å².